The molecule has 2 fully saturated rings. The molecule has 3 aromatic heterocycles. The van der Waals surface area contributed by atoms with E-state index < -0.39 is 0 Å². The molecule has 2 aliphatic rings. The lowest BCUT2D eigenvalue weighted by molar-refractivity contribution is 0.122. The van der Waals surface area contributed by atoms with Crippen LogP contribution >= 0.6 is 0 Å². The fourth-order valence-corrected chi connectivity index (χ4v) is 3.58. The zero-order chi connectivity index (χ0) is 19.5. The van der Waals surface area contributed by atoms with Gasteiger partial charge in [-0.3, -0.25) is 0 Å². The number of aromatic nitrogens is 7. The van der Waals surface area contributed by atoms with Gasteiger partial charge < -0.3 is 19.4 Å². The second-order valence-corrected chi connectivity index (χ2v) is 6.90. The molecule has 150 valence electrons. The van der Waals surface area contributed by atoms with Gasteiger partial charge in [-0.05, 0) is 12.1 Å². The maximum atomic E-state index is 5.43. The summed E-state index contributed by atoms with van der Waals surface area (Å²) >= 11 is 0. The van der Waals surface area contributed by atoms with Crippen LogP contribution in [0.5, 0.6) is 0 Å². The fourth-order valence-electron chi connectivity index (χ4n) is 3.58. The van der Waals surface area contributed by atoms with E-state index in [0.717, 1.165) is 69.9 Å². The summed E-state index contributed by atoms with van der Waals surface area (Å²) in [5.74, 6) is 3.45. The summed E-state index contributed by atoms with van der Waals surface area (Å²) in [6.45, 7) is 6.67. The van der Waals surface area contributed by atoms with E-state index in [-0.39, 0.29) is 0 Å². The third-order valence-corrected chi connectivity index (χ3v) is 5.19. The first-order chi connectivity index (χ1) is 14.4. The third-order valence-electron chi connectivity index (χ3n) is 5.19. The topological polar surface area (TPSA) is 101 Å². The molecule has 5 heterocycles. The number of ether oxygens (including phenoxy) is 1. The monoisotopic (exact) mass is 394 g/mol. The van der Waals surface area contributed by atoms with Gasteiger partial charge in [0, 0.05) is 45.3 Å². The minimum absolute atomic E-state index is 0.654. The Hall–Kier alpha value is -3.34. The number of hydrogen-bond acceptors (Lipinski definition) is 10. The van der Waals surface area contributed by atoms with Crippen LogP contribution in [0, 0.1) is 0 Å². The molecule has 2 saturated heterocycles. The van der Waals surface area contributed by atoms with Gasteiger partial charge >= 0.3 is 0 Å². The van der Waals surface area contributed by atoms with Crippen LogP contribution in [0.25, 0.3) is 5.82 Å². The van der Waals surface area contributed by atoms with Crippen LogP contribution < -0.4 is 14.7 Å². The molecule has 29 heavy (non-hydrogen) atoms. The Morgan fingerprint density at radius 2 is 1.31 bits per heavy atom. The summed E-state index contributed by atoms with van der Waals surface area (Å²) in [4.78, 5) is 19.6. The van der Waals surface area contributed by atoms with Crippen molar-refractivity contribution in [2.24, 2.45) is 0 Å². The van der Waals surface area contributed by atoms with Gasteiger partial charge in [0.25, 0.3) is 0 Å². The first kappa shape index (κ1) is 17.7. The van der Waals surface area contributed by atoms with Gasteiger partial charge in [-0.1, -0.05) is 0 Å². The maximum absolute atomic E-state index is 5.43. The number of morpholine rings is 1. The largest absolute Gasteiger partial charge is 0.378 e. The molecule has 0 radical (unpaired) electrons. The van der Waals surface area contributed by atoms with Crippen LogP contribution in [-0.2, 0) is 4.74 Å². The lowest BCUT2D eigenvalue weighted by Gasteiger charge is -2.36. The summed E-state index contributed by atoms with van der Waals surface area (Å²) < 4.78 is 7.02. The highest BCUT2D eigenvalue weighted by Crippen LogP contribution is 2.21. The smallest absolute Gasteiger partial charge is 0.177 e. The van der Waals surface area contributed by atoms with Crippen LogP contribution in [0.1, 0.15) is 0 Å². The molecule has 0 atom stereocenters. The van der Waals surface area contributed by atoms with Gasteiger partial charge in [0.1, 0.15) is 30.6 Å². The molecule has 11 nitrogen and oxygen atoms in total. The van der Waals surface area contributed by atoms with Gasteiger partial charge in [-0.2, -0.15) is 5.10 Å². The van der Waals surface area contributed by atoms with Crippen molar-refractivity contribution in [1.82, 2.24) is 34.9 Å². The highest BCUT2D eigenvalue weighted by atomic mass is 16.5. The number of rotatable bonds is 4. The van der Waals surface area contributed by atoms with Gasteiger partial charge in [0.05, 0.1) is 13.2 Å². The van der Waals surface area contributed by atoms with Crippen molar-refractivity contribution < 1.29 is 4.74 Å². The van der Waals surface area contributed by atoms with E-state index >= 15 is 0 Å². The summed E-state index contributed by atoms with van der Waals surface area (Å²) in [5.41, 5.74) is 0. The van der Waals surface area contributed by atoms with Crippen molar-refractivity contribution in [3.63, 3.8) is 0 Å². The van der Waals surface area contributed by atoms with Crippen LogP contribution in [-0.4, -0.2) is 87.4 Å². The maximum Gasteiger partial charge on any atom is 0.177 e. The summed E-state index contributed by atoms with van der Waals surface area (Å²) in [6.07, 6.45) is 4.74. The van der Waals surface area contributed by atoms with E-state index in [9.17, 15) is 0 Å². The fraction of sp³-hybridized carbons (Fsp3) is 0.444. The molecule has 0 bridgehead atoms. The van der Waals surface area contributed by atoms with E-state index in [1.807, 2.05) is 12.1 Å². The molecule has 5 rings (SSSR count). The zero-order valence-corrected chi connectivity index (χ0v) is 16.0. The van der Waals surface area contributed by atoms with E-state index in [2.05, 4.69) is 51.0 Å². The normalized spacial score (nSPS) is 17.6. The molecule has 0 amide bonds. The van der Waals surface area contributed by atoms with E-state index in [4.69, 9.17) is 4.74 Å². The highest BCUT2D eigenvalue weighted by molar-refractivity contribution is 5.52. The van der Waals surface area contributed by atoms with Crippen LogP contribution in [0.2, 0.25) is 0 Å². The van der Waals surface area contributed by atoms with Crippen molar-refractivity contribution in [3.8, 4) is 5.82 Å². The number of anilines is 3. The van der Waals surface area contributed by atoms with Crippen LogP contribution in [0.3, 0.4) is 0 Å². The molecule has 11 heteroatoms. The molecule has 0 unspecified atom stereocenters. The Bertz CT molecular complexity index is 918. The quantitative estimate of drug-likeness (QED) is 0.601. The Balaban J connectivity index is 1.22. The molecule has 0 saturated carbocycles. The Labute approximate surface area is 168 Å². The standard InChI is InChI=1S/C18H22N10O/c1-2-16(28-14-19-12-22-28)24-23-15(1)25-3-5-26(6-4-25)17-11-18(21-13-20-17)27-7-9-29-10-8-27/h1-2,11-14H,3-10H2. The summed E-state index contributed by atoms with van der Waals surface area (Å²) in [7, 11) is 0. The van der Waals surface area contributed by atoms with E-state index in [1.54, 1.807) is 17.3 Å². The molecule has 0 aromatic carbocycles. The minimum atomic E-state index is 0.654. The number of nitrogens with zero attached hydrogens (tertiary/aromatic N) is 10. The van der Waals surface area contributed by atoms with E-state index in [1.165, 1.54) is 6.33 Å². The predicted molar refractivity (Wildman–Crippen MR) is 106 cm³/mol. The summed E-state index contributed by atoms with van der Waals surface area (Å²) in [6, 6.07) is 5.96. The van der Waals surface area contributed by atoms with Gasteiger partial charge in [-0.25, -0.2) is 19.6 Å². The molecule has 0 spiro atoms. The first-order valence-electron chi connectivity index (χ1n) is 9.70. The molecular formula is C18H22N10O. The Morgan fingerprint density at radius 3 is 1.93 bits per heavy atom. The predicted octanol–water partition coefficient (Wildman–Crippen LogP) is 0.0105. The number of piperazine rings is 1. The lowest BCUT2D eigenvalue weighted by atomic mass is 10.3. The van der Waals surface area contributed by atoms with Gasteiger partial charge in [-0.15, -0.1) is 10.2 Å². The van der Waals surface area contributed by atoms with Gasteiger partial charge in [0.15, 0.2) is 11.6 Å². The van der Waals surface area contributed by atoms with Crippen molar-refractivity contribution in [2.75, 3.05) is 67.2 Å². The second-order valence-electron chi connectivity index (χ2n) is 6.90. The average Bonchev–Trinajstić information content (AvgIpc) is 3.35. The molecule has 0 aliphatic carbocycles. The molecule has 0 N–H and O–H groups in total. The Kier molecular flexibility index (Phi) is 4.87. The average molecular weight is 394 g/mol. The van der Waals surface area contributed by atoms with Crippen molar-refractivity contribution in [1.29, 1.82) is 0 Å². The second kappa shape index (κ2) is 7.95. The third kappa shape index (κ3) is 3.81. The Morgan fingerprint density at radius 1 is 0.690 bits per heavy atom. The molecular weight excluding hydrogens is 372 g/mol. The van der Waals surface area contributed by atoms with Gasteiger partial charge in [0.2, 0.25) is 0 Å². The molecule has 2 aliphatic heterocycles. The first-order valence-corrected chi connectivity index (χ1v) is 9.70. The SMILES string of the molecule is c1nc(N2CCOCC2)cc(N2CCN(c3ccc(-n4cncn4)nn3)CC2)n1. The highest BCUT2D eigenvalue weighted by Gasteiger charge is 2.21. The summed E-state index contributed by atoms with van der Waals surface area (Å²) in [5, 5.41) is 12.7. The van der Waals surface area contributed by atoms with Crippen molar-refractivity contribution in [3.05, 3.63) is 37.2 Å². The minimum Gasteiger partial charge on any atom is -0.378 e. The lowest BCUT2D eigenvalue weighted by Crippen LogP contribution is -2.47. The molecule has 3 aromatic rings. The van der Waals surface area contributed by atoms with Crippen LogP contribution in [0.4, 0.5) is 17.5 Å². The van der Waals surface area contributed by atoms with E-state index in [0.29, 0.717) is 5.82 Å². The number of hydrogen-bond donors (Lipinski definition) is 0. The zero-order valence-electron chi connectivity index (χ0n) is 16.0. The van der Waals surface area contributed by atoms with Crippen LogP contribution in [0.15, 0.2) is 37.2 Å². The van der Waals surface area contributed by atoms with Crippen molar-refractivity contribution in [2.45, 2.75) is 0 Å². The van der Waals surface area contributed by atoms with Crippen molar-refractivity contribution >= 4 is 17.5 Å².